The van der Waals surface area contributed by atoms with Gasteiger partial charge >= 0.3 is 5.97 Å². The summed E-state index contributed by atoms with van der Waals surface area (Å²) in [5.74, 6) is 0.463. The third-order valence-electron chi connectivity index (χ3n) is 5.91. The van der Waals surface area contributed by atoms with Crippen molar-refractivity contribution in [1.82, 2.24) is 0 Å². The number of hydrogen-bond acceptors (Lipinski definition) is 3. The van der Waals surface area contributed by atoms with Crippen molar-refractivity contribution in [3.63, 3.8) is 0 Å². The van der Waals surface area contributed by atoms with Crippen molar-refractivity contribution in [3.05, 3.63) is 95.6 Å². The smallest absolute Gasteiger partial charge is 0.304 e. The van der Waals surface area contributed by atoms with Gasteiger partial charge in [0.1, 0.15) is 18.1 Å². The number of ether oxygens (including phenoxy) is 2. The summed E-state index contributed by atoms with van der Waals surface area (Å²) in [5.41, 5.74) is 6.27. The summed E-state index contributed by atoms with van der Waals surface area (Å²) in [6.45, 7) is 12.9. The molecular formula is C30H34O4. The number of hydrogen-bond donors (Lipinski definition) is 1. The number of carboxylic acids is 1. The molecule has 0 heterocycles. The molecule has 0 bridgehead atoms. The van der Waals surface area contributed by atoms with Gasteiger partial charge in [-0.2, -0.15) is 0 Å². The van der Waals surface area contributed by atoms with E-state index in [9.17, 15) is 9.90 Å². The molecule has 0 aromatic heterocycles. The summed E-state index contributed by atoms with van der Waals surface area (Å²) in [6, 6.07) is 22.2. The molecule has 0 aliphatic heterocycles. The van der Waals surface area contributed by atoms with Gasteiger partial charge in [0.25, 0.3) is 0 Å². The van der Waals surface area contributed by atoms with Crippen LogP contribution in [0.15, 0.2) is 78.9 Å². The highest BCUT2D eigenvalue weighted by atomic mass is 16.5. The maximum absolute atomic E-state index is 11.3. The average molecular weight is 459 g/mol. The summed E-state index contributed by atoms with van der Waals surface area (Å²) in [4.78, 5) is 11.3. The van der Waals surface area contributed by atoms with E-state index in [0.717, 1.165) is 28.0 Å². The Kier molecular flexibility index (Phi) is 7.83. The molecule has 178 valence electrons. The highest BCUT2D eigenvalue weighted by Crippen LogP contribution is 2.35. The van der Waals surface area contributed by atoms with Crippen LogP contribution in [-0.4, -0.2) is 18.2 Å². The predicted octanol–water partition coefficient (Wildman–Crippen LogP) is 7.37. The van der Waals surface area contributed by atoms with Crippen molar-refractivity contribution in [2.45, 2.75) is 52.1 Å². The molecule has 0 saturated heterocycles. The molecular weight excluding hydrogens is 424 g/mol. The fourth-order valence-electron chi connectivity index (χ4n) is 4.08. The number of aliphatic carboxylic acids is 1. The zero-order valence-corrected chi connectivity index (χ0v) is 20.7. The normalized spacial score (nSPS) is 12.1. The van der Waals surface area contributed by atoms with E-state index < -0.39 is 5.97 Å². The fourth-order valence-corrected chi connectivity index (χ4v) is 4.08. The van der Waals surface area contributed by atoms with Crippen molar-refractivity contribution in [2.75, 3.05) is 7.11 Å². The summed E-state index contributed by atoms with van der Waals surface area (Å²) in [7, 11) is 1.68. The van der Waals surface area contributed by atoms with E-state index in [1.54, 1.807) is 7.11 Å². The zero-order valence-electron chi connectivity index (χ0n) is 20.7. The Morgan fingerprint density at radius 1 is 1.00 bits per heavy atom. The molecule has 3 aromatic rings. The molecule has 0 radical (unpaired) electrons. The standard InChI is InChI=1S/C30H34O4/c1-20(2)27(18-29(31)32)23-10-8-12-25(17-23)34-19-21-13-14-26(28(15-21)30(3,4)5)22-9-7-11-24(16-22)33-6/h7-17,27H,1,18-19H2,2-6H3,(H,31,32)/t27-/m0/s1. The molecule has 3 rings (SSSR count). The van der Waals surface area contributed by atoms with Crippen LogP contribution in [0.2, 0.25) is 0 Å². The minimum atomic E-state index is -0.842. The van der Waals surface area contributed by atoms with Crippen LogP contribution in [0.3, 0.4) is 0 Å². The van der Waals surface area contributed by atoms with Crippen LogP contribution in [0.4, 0.5) is 0 Å². The highest BCUT2D eigenvalue weighted by molar-refractivity contribution is 5.71. The molecule has 0 fully saturated rings. The average Bonchev–Trinajstić information content (AvgIpc) is 2.80. The number of carbonyl (C=O) groups is 1. The van der Waals surface area contributed by atoms with E-state index in [0.29, 0.717) is 12.4 Å². The third kappa shape index (κ3) is 6.28. The van der Waals surface area contributed by atoms with Gasteiger partial charge in [-0.1, -0.05) is 75.4 Å². The first-order valence-electron chi connectivity index (χ1n) is 11.5. The Bertz CT molecular complexity index is 1170. The number of methoxy groups -OCH3 is 1. The Labute approximate surface area is 202 Å². The van der Waals surface area contributed by atoms with Gasteiger partial charge in [-0.05, 0) is 64.4 Å². The molecule has 1 N–H and O–H groups in total. The number of benzene rings is 3. The summed E-state index contributed by atoms with van der Waals surface area (Å²) < 4.78 is 11.5. The minimum absolute atomic E-state index is 0.0134. The molecule has 3 aromatic carbocycles. The van der Waals surface area contributed by atoms with Crippen LogP contribution in [0.5, 0.6) is 11.5 Å². The molecule has 0 aliphatic carbocycles. The van der Waals surface area contributed by atoms with Crippen LogP contribution < -0.4 is 9.47 Å². The lowest BCUT2D eigenvalue weighted by Gasteiger charge is -2.24. The number of carboxylic acid groups (broad SMARTS) is 1. The first-order chi connectivity index (χ1) is 16.1. The maximum atomic E-state index is 11.3. The molecule has 0 unspecified atom stereocenters. The largest absolute Gasteiger partial charge is 0.497 e. The fraction of sp³-hybridized carbons (Fsp3) is 0.300. The minimum Gasteiger partial charge on any atom is -0.497 e. The zero-order chi connectivity index (χ0) is 24.9. The van der Waals surface area contributed by atoms with Gasteiger partial charge in [-0.3, -0.25) is 4.79 Å². The van der Waals surface area contributed by atoms with Crippen molar-refractivity contribution >= 4 is 5.97 Å². The third-order valence-corrected chi connectivity index (χ3v) is 5.91. The lowest BCUT2D eigenvalue weighted by atomic mass is 9.81. The maximum Gasteiger partial charge on any atom is 0.304 e. The van der Waals surface area contributed by atoms with Gasteiger partial charge in [0.05, 0.1) is 13.5 Å². The van der Waals surface area contributed by atoms with Crippen molar-refractivity contribution < 1.29 is 19.4 Å². The van der Waals surface area contributed by atoms with E-state index in [4.69, 9.17) is 9.47 Å². The second-order valence-electron chi connectivity index (χ2n) is 9.72. The van der Waals surface area contributed by atoms with Crippen LogP contribution in [0, 0.1) is 0 Å². The van der Waals surface area contributed by atoms with Gasteiger partial charge in [0.2, 0.25) is 0 Å². The molecule has 4 heteroatoms. The molecule has 0 spiro atoms. The Morgan fingerprint density at radius 3 is 2.35 bits per heavy atom. The Hall–Kier alpha value is -3.53. The summed E-state index contributed by atoms with van der Waals surface area (Å²) in [5, 5.41) is 9.26. The van der Waals surface area contributed by atoms with Crippen LogP contribution in [0.1, 0.15) is 56.7 Å². The summed E-state index contributed by atoms with van der Waals surface area (Å²) in [6.07, 6.45) is 0.0134. The molecule has 0 saturated carbocycles. The molecule has 0 amide bonds. The first kappa shape index (κ1) is 25.1. The SMILES string of the molecule is C=C(C)[C@H](CC(=O)O)c1cccc(OCc2ccc(-c3cccc(OC)c3)c(C(C)(C)C)c2)c1. The van der Waals surface area contributed by atoms with E-state index in [2.05, 4.69) is 57.7 Å². The van der Waals surface area contributed by atoms with Gasteiger partial charge in [-0.25, -0.2) is 0 Å². The second-order valence-corrected chi connectivity index (χ2v) is 9.72. The number of rotatable bonds is 9. The highest BCUT2D eigenvalue weighted by Gasteiger charge is 2.20. The summed E-state index contributed by atoms with van der Waals surface area (Å²) >= 11 is 0. The van der Waals surface area contributed by atoms with Gasteiger partial charge < -0.3 is 14.6 Å². The van der Waals surface area contributed by atoms with Gasteiger partial charge in [0, 0.05) is 5.92 Å². The monoisotopic (exact) mass is 458 g/mol. The Balaban J connectivity index is 1.85. The first-order valence-corrected chi connectivity index (χ1v) is 11.5. The molecule has 0 aliphatic rings. The van der Waals surface area contributed by atoms with Gasteiger partial charge in [0.15, 0.2) is 0 Å². The van der Waals surface area contributed by atoms with Crippen molar-refractivity contribution in [2.24, 2.45) is 0 Å². The van der Waals surface area contributed by atoms with E-state index in [1.165, 1.54) is 11.1 Å². The Morgan fingerprint density at radius 2 is 1.71 bits per heavy atom. The lowest BCUT2D eigenvalue weighted by molar-refractivity contribution is -0.137. The molecule has 34 heavy (non-hydrogen) atoms. The number of allylic oxidation sites excluding steroid dienone is 1. The van der Waals surface area contributed by atoms with Crippen LogP contribution in [0.25, 0.3) is 11.1 Å². The van der Waals surface area contributed by atoms with Crippen LogP contribution >= 0.6 is 0 Å². The second kappa shape index (κ2) is 10.6. The quantitative estimate of drug-likeness (QED) is 0.340. The molecule has 1 atom stereocenters. The van der Waals surface area contributed by atoms with E-state index >= 15 is 0 Å². The van der Waals surface area contributed by atoms with Gasteiger partial charge in [-0.15, -0.1) is 0 Å². The lowest BCUT2D eigenvalue weighted by Crippen LogP contribution is -2.14. The predicted molar refractivity (Wildman–Crippen MR) is 138 cm³/mol. The topological polar surface area (TPSA) is 55.8 Å². The van der Waals surface area contributed by atoms with Crippen molar-refractivity contribution in [1.29, 1.82) is 0 Å². The molecule has 4 nitrogen and oxygen atoms in total. The van der Waals surface area contributed by atoms with Crippen molar-refractivity contribution in [3.8, 4) is 22.6 Å². The van der Waals surface area contributed by atoms with Crippen LogP contribution in [-0.2, 0) is 16.8 Å². The van der Waals surface area contributed by atoms with E-state index in [1.807, 2.05) is 43.3 Å². The van der Waals surface area contributed by atoms with E-state index in [-0.39, 0.29) is 17.8 Å².